The average molecular weight is 404 g/mol. The number of amides is 1. The minimum Gasteiger partial charge on any atom is -0.461 e. The number of nitrogens with zero attached hydrogens (tertiary/aromatic N) is 3. The number of carbonyl (C=O) groups excluding carboxylic acids is 2. The van der Waals surface area contributed by atoms with Crippen molar-refractivity contribution in [1.29, 1.82) is 0 Å². The molecule has 4 rings (SSSR count). The highest BCUT2D eigenvalue weighted by molar-refractivity contribution is 7.15. The molecule has 0 unspecified atom stereocenters. The number of anilines is 1. The van der Waals surface area contributed by atoms with Crippen LogP contribution in [-0.2, 0) is 4.74 Å². The van der Waals surface area contributed by atoms with Crippen LogP contribution in [0.3, 0.4) is 0 Å². The number of thiazole rings is 2. The Bertz CT molecular complexity index is 1080. The molecule has 4 aromatic rings. The maximum atomic E-state index is 12.6. The number of hydrogen-bond donors (Lipinski definition) is 1. The predicted octanol–water partition coefficient (Wildman–Crippen LogP) is 4.01. The number of thiophene rings is 1. The largest absolute Gasteiger partial charge is 0.461 e. The fraction of sp³-hybridized carbons (Fsp3) is 0.125. The molecule has 4 aromatic heterocycles. The van der Waals surface area contributed by atoms with Gasteiger partial charge in [-0.1, -0.05) is 6.07 Å². The van der Waals surface area contributed by atoms with Gasteiger partial charge in [0.2, 0.25) is 0 Å². The minimum atomic E-state index is -0.502. The lowest BCUT2D eigenvalue weighted by atomic mass is 10.4. The van der Waals surface area contributed by atoms with Crippen molar-refractivity contribution in [3.05, 3.63) is 45.9 Å². The van der Waals surface area contributed by atoms with Gasteiger partial charge < -0.3 is 4.74 Å². The Labute approximate surface area is 159 Å². The molecule has 0 aliphatic carbocycles. The summed E-state index contributed by atoms with van der Waals surface area (Å²) >= 11 is 4.16. The Morgan fingerprint density at radius 3 is 2.88 bits per heavy atom. The molecule has 0 saturated carbocycles. The van der Waals surface area contributed by atoms with Gasteiger partial charge in [0.05, 0.1) is 11.5 Å². The molecule has 0 radical (unpaired) electrons. The first kappa shape index (κ1) is 16.9. The highest BCUT2D eigenvalue weighted by atomic mass is 32.1. The van der Waals surface area contributed by atoms with Gasteiger partial charge in [0.25, 0.3) is 5.91 Å². The van der Waals surface area contributed by atoms with E-state index in [0.29, 0.717) is 10.8 Å². The smallest absolute Gasteiger partial charge is 0.357 e. The zero-order chi connectivity index (χ0) is 18.1. The second-order valence-electron chi connectivity index (χ2n) is 5.09. The molecule has 1 amide bonds. The lowest BCUT2D eigenvalue weighted by Crippen LogP contribution is -2.14. The second kappa shape index (κ2) is 6.98. The first-order valence-corrected chi connectivity index (χ1v) is 10.2. The summed E-state index contributed by atoms with van der Waals surface area (Å²) in [5, 5.41) is 8.35. The van der Waals surface area contributed by atoms with Crippen LogP contribution in [0.2, 0.25) is 0 Å². The number of hydrogen-bond acceptors (Lipinski definition) is 8. The maximum absolute atomic E-state index is 12.6. The predicted molar refractivity (Wildman–Crippen MR) is 102 cm³/mol. The molecule has 1 N–H and O–H groups in total. The highest BCUT2D eigenvalue weighted by Crippen LogP contribution is 2.27. The van der Waals surface area contributed by atoms with Crippen LogP contribution in [0.15, 0.2) is 34.5 Å². The van der Waals surface area contributed by atoms with Gasteiger partial charge in [-0.2, -0.15) is 0 Å². The summed E-state index contributed by atoms with van der Waals surface area (Å²) in [6.07, 6.45) is 1.85. The van der Waals surface area contributed by atoms with Gasteiger partial charge in [-0.25, -0.2) is 14.8 Å². The molecule has 0 spiro atoms. The summed E-state index contributed by atoms with van der Waals surface area (Å²) < 4.78 is 6.66. The van der Waals surface area contributed by atoms with E-state index in [9.17, 15) is 9.59 Å². The maximum Gasteiger partial charge on any atom is 0.357 e. The Morgan fingerprint density at radius 2 is 2.12 bits per heavy atom. The summed E-state index contributed by atoms with van der Waals surface area (Å²) in [4.78, 5) is 34.7. The molecule has 0 saturated heterocycles. The number of nitrogens with one attached hydrogen (secondary N) is 1. The molecule has 0 bridgehead atoms. The van der Waals surface area contributed by atoms with Gasteiger partial charge in [0, 0.05) is 17.0 Å². The van der Waals surface area contributed by atoms with Crippen LogP contribution in [0.4, 0.5) is 5.13 Å². The van der Waals surface area contributed by atoms with Gasteiger partial charge in [0.15, 0.2) is 15.8 Å². The van der Waals surface area contributed by atoms with Crippen LogP contribution in [0.25, 0.3) is 15.5 Å². The monoisotopic (exact) mass is 404 g/mol. The molecule has 10 heteroatoms. The summed E-state index contributed by atoms with van der Waals surface area (Å²) in [6.45, 7) is 2.00. The van der Waals surface area contributed by atoms with Crippen molar-refractivity contribution >= 4 is 56.0 Å². The number of ether oxygens (including phenoxy) is 1. The number of rotatable bonds is 5. The lowest BCUT2D eigenvalue weighted by Gasteiger charge is -2.00. The van der Waals surface area contributed by atoms with E-state index in [1.807, 2.05) is 23.7 Å². The molecular formula is C16H12N4O3S3. The second-order valence-corrected chi connectivity index (χ2v) is 7.73. The zero-order valence-corrected chi connectivity index (χ0v) is 15.9. The highest BCUT2D eigenvalue weighted by Gasteiger charge is 2.18. The molecular weight excluding hydrogens is 392 g/mol. The fourth-order valence-electron chi connectivity index (χ4n) is 2.28. The van der Waals surface area contributed by atoms with E-state index in [0.717, 1.165) is 15.5 Å². The molecule has 0 aromatic carbocycles. The van der Waals surface area contributed by atoms with Crippen molar-refractivity contribution in [1.82, 2.24) is 14.4 Å². The SMILES string of the molecule is CCOC(=O)c1csc(NC(=O)c2csc3nc(-c4cccs4)cn23)n1. The van der Waals surface area contributed by atoms with E-state index in [2.05, 4.69) is 15.3 Å². The number of fused-ring (bicyclic) bond motifs is 1. The van der Waals surface area contributed by atoms with Crippen molar-refractivity contribution < 1.29 is 14.3 Å². The summed E-state index contributed by atoms with van der Waals surface area (Å²) in [5.74, 6) is -0.812. The number of esters is 1. The zero-order valence-electron chi connectivity index (χ0n) is 13.5. The van der Waals surface area contributed by atoms with Crippen molar-refractivity contribution in [2.75, 3.05) is 11.9 Å². The van der Waals surface area contributed by atoms with E-state index in [-0.39, 0.29) is 18.2 Å². The van der Waals surface area contributed by atoms with E-state index >= 15 is 0 Å². The van der Waals surface area contributed by atoms with Crippen LogP contribution in [0, 0.1) is 0 Å². The summed E-state index contributed by atoms with van der Waals surface area (Å²) in [6, 6.07) is 3.95. The van der Waals surface area contributed by atoms with E-state index in [4.69, 9.17) is 4.74 Å². The Hall–Kier alpha value is -2.56. The third-order valence-electron chi connectivity index (χ3n) is 3.42. The van der Waals surface area contributed by atoms with Crippen molar-refractivity contribution in [2.45, 2.75) is 6.92 Å². The van der Waals surface area contributed by atoms with Gasteiger partial charge in [-0.05, 0) is 18.4 Å². The van der Waals surface area contributed by atoms with Crippen LogP contribution >= 0.6 is 34.0 Å². The van der Waals surface area contributed by atoms with Gasteiger partial charge in [-0.3, -0.25) is 14.5 Å². The lowest BCUT2D eigenvalue weighted by molar-refractivity contribution is 0.0520. The van der Waals surface area contributed by atoms with Crippen LogP contribution < -0.4 is 5.32 Å². The minimum absolute atomic E-state index is 0.185. The number of carbonyl (C=O) groups is 2. The molecule has 132 valence electrons. The molecule has 7 nitrogen and oxygen atoms in total. The number of aromatic nitrogens is 3. The Kier molecular flexibility index (Phi) is 4.53. The van der Waals surface area contributed by atoms with E-state index < -0.39 is 5.97 Å². The topological polar surface area (TPSA) is 85.6 Å². The Balaban J connectivity index is 1.56. The first-order valence-electron chi connectivity index (χ1n) is 7.60. The van der Waals surface area contributed by atoms with Crippen LogP contribution in [0.1, 0.15) is 27.9 Å². The molecule has 4 heterocycles. The normalized spacial score (nSPS) is 11.0. The van der Waals surface area contributed by atoms with Crippen molar-refractivity contribution in [3.8, 4) is 10.6 Å². The summed E-state index contributed by atoms with van der Waals surface area (Å²) in [5.41, 5.74) is 1.48. The molecule has 26 heavy (non-hydrogen) atoms. The first-order chi connectivity index (χ1) is 12.7. The Morgan fingerprint density at radius 1 is 1.23 bits per heavy atom. The van der Waals surface area contributed by atoms with Crippen molar-refractivity contribution in [3.63, 3.8) is 0 Å². The molecule has 0 fully saturated rings. The fourth-order valence-corrected chi connectivity index (χ4v) is 4.49. The van der Waals surface area contributed by atoms with Gasteiger partial charge >= 0.3 is 5.97 Å². The van der Waals surface area contributed by atoms with E-state index in [1.54, 1.807) is 33.4 Å². The van der Waals surface area contributed by atoms with Gasteiger partial charge in [0.1, 0.15) is 11.4 Å². The third-order valence-corrected chi connectivity index (χ3v) is 5.91. The standard InChI is InChI=1S/C16H12N4O3S3/c1-2-23-14(22)10-7-25-15(17-10)19-13(21)11-8-26-16-18-9(6-20(11)16)12-4-3-5-24-12/h3-8H,2H2,1H3,(H,17,19,21). The van der Waals surface area contributed by atoms with Crippen LogP contribution in [-0.4, -0.2) is 32.9 Å². The number of imidazole rings is 1. The van der Waals surface area contributed by atoms with Crippen molar-refractivity contribution in [2.24, 2.45) is 0 Å². The molecule has 0 atom stereocenters. The molecule has 0 aliphatic rings. The van der Waals surface area contributed by atoms with Crippen LogP contribution in [0.5, 0.6) is 0 Å². The third kappa shape index (κ3) is 3.14. The molecule has 0 aliphatic heterocycles. The average Bonchev–Trinajstić information content (AvgIpc) is 3.37. The summed E-state index contributed by atoms with van der Waals surface area (Å²) in [7, 11) is 0. The van der Waals surface area contributed by atoms with E-state index in [1.165, 1.54) is 22.7 Å². The van der Waals surface area contributed by atoms with Gasteiger partial charge in [-0.15, -0.1) is 34.0 Å². The quantitative estimate of drug-likeness (QED) is 0.508.